The third kappa shape index (κ3) is 27.5. The third-order valence-corrected chi connectivity index (χ3v) is 21.4. The van der Waals surface area contributed by atoms with Crippen LogP contribution in [0.15, 0.2) is 0 Å². The van der Waals surface area contributed by atoms with Crippen molar-refractivity contribution < 1.29 is 217 Å². The zero-order valence-corrected chi connectivity index (χ0v) is 65.7. The van der Waals surface area contributed by atoms with Gasteiger partial charge in [0.15, 0.2) is 44.0 Å². The first-order valence-corrected chi connectivity index (χ1v) is 39.8. The molecule has 0 saturated carbocycles. The van der Waals surface area contributed by atoms with Crippen LogP contribution in [0.2, 0.25) is 0 Å². The molecular formula is C70H120N6O44. The number of hydrogen-bond donors (Lipinski definition) is 26. The molecule has 50 heteroatoms. The summed E-state index contributed by atoms with van der Waals surface area (Å²) in [4.78, 5) is 84.7. The number of nitrogens with zero attached hydrogens (tertiary/aromatic N) is 3. The molecule has 8 saturated heterocycles. The number of imide groups is 1. The van der Waals surface area contributed by atoms with Gasteiger partial charge in [0.2, 0.25) is 17.7 Å². The van der Waals surface area contributed by atoms with Gasteiger partial charge in [-0.05, 0) is 39.2 Å². The van der Waals surface area contributed by atoms with Gasteiger partial charge in [0, 0.05) is 52.0 Å². The minimum absolute atomic E-state index is 0.0108. The van der Waals surface area contributed by atoms with E-state index in [0.717, 1.165) is 0 Å². The molecule has 26 N–H and O–H groups in total. The maximum absolute atomic E-state index is 13.7. The summed E-state index contributed by atoms with van der Waals surface area (Å²) < 4.78 is 79.5. The van der Waals surface area contributed by atoms with Gasteiger partial charge >= 0.3 is 5.97 Å². The number of unbranched alkanes of at least 4 members (excludes halogenated alkanes) is 5. The first kappa shape index (κ1) is 101. The molecule has 35 atom stereocenters. The minimum atomic E-state index is -2.04. The lowest BCUT2D eigenvalue weighted by Crippen LogP contribution is -2.65. The highest BCUT2D eigenvalue weighted by molar-refractivity contribution is 6.01. The molecule has 0 unspecified atom stereocenters. The summed E-state index contributed by atoms with van der Waals surface area (Å²) in [7, 11) is 0. The molecule has 8 fully saturated rings. The second-order valence-corrected chi connectivity index (χ2v) is 30.3. The van der Waals surface area contributed by atoms with E-state index in [4.69, 9.17) is 71.2 Å². The maximum atomic E-state index is 13.7. The van der Waals surface area contributed by atoms with Crippen molar-refractivity contribution in [3.05, 3.63) is 0 Å². The van der Waals surface area contributed by atoms with Crippen LogP contribution < -0.4 is 16.0 Å². The predicted molar refractivity (Wildman–Crippen MR) is 384 cm³/mol. The molecule has 8 aliphatic heterocycles. The van der Waals surface area contributed by atoms with Gasteiger partial charge in [-0.2, -0.15) is 0 Å². The van der Waals surface area contributed by atoms with Crippen LogP contribution in [0.4, 0.5) is 0 Å². The molecule has 8 aliphatic rings. The van der Waals surface area contributed by atoms with Crippen LogP contribution in [0.25, 0.3) is 0 Å². The molecule has 8 rings (SSSR count). The quantitative estimate of drug-likeness (QED) is 0.0199. The van der Waals surface area contributed by atoms with Crippen molar-refractivity contribution in [1.29, 1.82) is 0 Å². The molecule has 694 valence electrons. The highest BCUT2D eigenvalue weighted by Gasteiger charge is 2.56. The number of carbonyl (C=O) groups is 6. The molecule has 0 aromatic rings. The van der Waals surface area contributed by atoms with E-state index >= 15 is 0 Å². The SMILES string of the molecule is C[C@@H]1O[C@@H](OCCN(CCCCCCNC(=O)CN(CC(=O)NCCCCCC(=O)ON2C(=O)CCC2=O)CC(=O)NCCO[C@H]2O[C@H](CO[C@H]3O[C@H](CO)[C@@H](O)[C@H](O)[C@@H]3O)[C@@H](O)[C@H](O[C@H]3O[C@H](CO)[C@@H](O)[C@H](O)[C@@H]3O)[C@@H]2O)CCO[C@H]2O[C@H](CO[C@H]3O[C@H](CO)[C@@H](O)[C@H](O)[C@@H]3O)[C@@H](O)[C@H](O[C@H]3O[C@H](CO)[C@@H](O)[C@H](O)[C@@H]3O)[C@@H]2O)[C@@H](O)[C@H](O)[C@@H]1O. The summed E-state index contributed by atoms with van der Waals surface area (Å²) in [6.45, 7) is -5.92. The maximum Gasteiger partial charge on any atom is 0.333 e. The average molecular weight is 1750 g/mol. The Morgan fingerprint density at radius 2 is 0.683 bits per heavy atom. The van der Waals surface area contributed by atoms with Gasteiger partial charge in [-0.1, -0.05) is 19.3 Å². The van der Waals surface area contributed by atoms with Crippen LogP contribution in [-0.4, -0.2) is 501 Å². The number of amides is 5. The molecule has 0 aliphatic carbocycles. The lowest BCUT2D eigenvalue weighted by Gasteiger charge is -2.46. The second-order valence-electron chi connectivity index (χ2n) is 30.3. The van der Waals surface area contributed by atoms with Gasteiger partial charge in [-0.15, -0.1) is 5.06 Å². The molecule has 0 spiro atoms. The predicted octanol–water partition coefficient (Wildman–Crippen LogP) is -16.6. The first-order chi connectivity index (χ1) is 57.1. The Kier molecular flexibility index (Phi) is 41.2. The number of ether oxygens (including phenoxy) is 14. The van der Waals surface area contributed by atoms with Crippen molar-refractivity contribution in [2.75, 3.05) is 118 Å². The van der Waals surface area contributed by atoms with Crippen molar-refractivity contribution in [2.24, 2.45) is 0 Å². The molecular weight excluding hydrogens is 1630 g/mol. The molecule has 0 bridgehead atoms. The summed E-state index contributed by atoms with van der Waals surface area (Å²) in [5.41, 5.74) is 0. The molecule has 8 heterocycles. The Balaban J connectivity index is 0.865. The van der Waals surface area contributed by atoms with Crippen LogP contribution in [-0.2, 0) is 99.9 Å². The van der Waals surface area contributed by atoms with E-state index < -0.39 is 316 Å². The average Bonchev–Trinajstić information content (AvgIpc) is 0.856. The summed E-state index contributed by atoms with van der Waals surface area (Å²) in [5.74, 6) is -4.15. The fourth-order valence-electron chi connectivity index (χ4n) is 14.2. The van der Waals surface area contributed by atoms with Crippen LogP contribution >= 0.6 is 0 Å². The number of aliphatic hydroxyl groups excluding tert-OH is 23. The van der Waals surface area contributed by atoms with E-state index in [1.165, 1.54) is 11.8 Å². The smallest absolute Gasteiger partial charge is 0.333 e. The summed E-state index contributed by atoms with van der Waals surface area (Å²) in [5, 5.41) is 251. The standard InChI is InChI=1S/C70H120N6O44/c1-30-43(87)50(94)55(99)64(111-30)107-19-16-74(17-20-108-68-61(105)63(119-70-59(103)54(98)47(91)34(27-80)115-70)49(93)36(117-68)29-110-66-57(101)52(96)45(89)32(25-78)113-66)15-8-3-2-6-12-71-37(81)21-75(22-38(82)72-13-7-4-5-9-42(86)120-76-40(84)10-11-41(76)85)23-39(83)73-14-18-106-67-60(104)62(118-69-58(102)53(97)46(90)33(26-79)114-69)48(92)35(116-67)28-109-65-56(100)51(95)44(88)31(24-77)112-65/h30-36,43-70,77-80,87-105H,2-29H2,1H3,(H,71,81)(H,72,82)(H,73,83)/t30-,31+,32+,33+,34+,35+,36+,43+,44+,45+,46+,47+,48+,49+,50+,51-,52-,53-,54-,55-,56-,57-,58-,59-,60-,61-,62-,63-,64+,65-,66-,67-,68-,69+,70+/m0/s1. The zero-order valence-electron chi connectivity index (χ0n) is 65.7. The number of hydrogen-bond acceptors (Lipinski definition) is 46. The Labute approximate surface area is 686 Å². The van der Waals surface area contributed by atoms with Gasteiger partial charge in [0.1, 0.15) is 165 Å². The molecule has 0 aromatic heterocycles. The van der Waals surface area contributed by atoms with Crippen LogP contribution in [0.5, 0.6) is 0 Å². The van der Waals surface area contributed by atoms with Crippen LogP contribution in [0.3, 0.4) is 0 Å². The molecule has 120 heavy (non-hydrogen) atoms. The lowest BCUT2D eigenvalue weighted by atomic mass is 9.96. The molecule has 5 amide bonds. The highest BCUT2D eigenvalue weighted by Crippen LogP contribution is 2.35. The van der Waals surface area contributed by atoms with Crippen molar-refractivity contribution in [2.45, 2.75) is 286 Å². The number of hydroxylamine groups is 2. The van der Waals surface area contributed by atoms with Crippen molar-refractivity contribution >= 4 is 35.5 Å². The number of rotatable bonds is 46. The van der Waals surface area contributed by atoms with Gasteiger partial charge in [0.25, 0.3) is 11.8 Å². The van der Waals surface area contributed by atoms with E-state index in [1.807, 2.05) is 4.90 Å². The number of carbonyl (C=O) groups excluding carboxylic acids is 6. The fourth-order valence-corrected chi connectivity index (χ4v) is 14.2. The Morgan fingerprint density at radius 3 is 1.09 bits per heavy atom. The van der Waals surface area contributed by atoms with Crippen molar-refractivity contribution in [3.8, 4) is 0 Å². The highest BCUT2D eigenvalue weighted by atomic mass is 16.8. The van der Waals surface area contributed by atoms with Crippen LogP contribution in [0.1, 0.15) is 71.1 Å². The minimum Gasteiger partial charge on any atom is -0.394 e. The van der Waals surface area contributed by atoms with Gasteiger partial charge in [-0.3, -0.25) is 33.8 Å². The third-order valence-electron chi connectivity index (χ3n) is 21.4. The Morgan fingerprint density at radius 1 is 0.350 bits per heavy atom. The van der Waals surface area contributed by atoms with E-state index in [2.05, 4.69) is 16.0 Å². The molecule has 50 nitrogen and oxygen atoms in total. The summed E-state index contributed by atoms with van der Waals surface area (Å²) in [6.07, 6.45) is -58.9. The van der Waals surface area contributed by atoms with Crippen molar-refractivity contribution in [1.82, 2.24) is 30.8 Å². The molecule has 0 radical (unpaired) electrons. The Bertz CT molecular complexity index is 3080. The fraction of sp³-hybridized carbons (Fsp3) is 0.914. The van der Waals surface area contributed by atoms with E-state index in [1.54, 1.807) is 0 Å². The van der Waals surface area contributed by atoms with E-state index in [9.17, 15) is 146 Å². The largest absolute Gasteiger partial charge is 0.394 e. The van der Waals surface area contributed by atoms with Gasteiger partial charge in [-0.25, -0.2) is 4.79 Å². The number of nitrogens with one attached hydrogen (secondary N) is 3. The lowest BCUT2D eigenvalue weighted by molar-refractivity contribution is -0.366. The topological polar surface area (TPSA) is 752 Å². The second kappa shape index (κ2) is 49.0. The van der Waals surface area contributed by atoms with Gasteiger partial charge in [0.05, 0.1) is 85.2 Å². The van der Waals surface area contributed by atoms with E-state index in [0.29, 0.717) is 50.1 Å². The van der Waals surface area contributed by atoms with Gasteiger partial charge < -0.3 is 205 Å². The van der Waals surface area contributed by atoms with Crippen LogP contribution in [0, 0.1) is 0 Å². The van der Waals surface area contributed by atoms with Crippen molar-refractivity contribution in [3.63, 3.8) is 0 Å². The Hall–Kier alpha value is -4.54. The summed E-state index contributed by atoms with van der Waals surface area (Å²) >= 11 is 0. The number of aliphatic hydroxyl groups is 23. The first-order valence-electron chi connectivity index (χ1n) is 39.8. The van der Waals surface area contributed by atoms with E-state index in [-0.39, 0.29) is 71.6 Å². The monoisotopic (exact) mass is 1750 g/mol. The summed E-state index contributed by atoms with van der Waals surface area (Å²) in [6, 6.07) is 0. The zero-order chi connectivity index (χ0) is 87.9. The molecule has 0 aromatic carbocycles. The normalized spacial score (nSPS) is 39.5.